The number of nitrogens with zero attached hydrogens (tertiary/aromatic N) is 1. The number of rotatable bonds is 6. The lowest BCUT2D eigenvalue weighted by Crippen LogP contribution is -2.48. The first kappa shape index (κ1) is 22.1. The van der Waals surface area contributed by atoms with Crippen molar-refractivity contribution in [1.82, 2.24) is 10.2 Å². The van der Waals surface area contributed by atoms with Gasteiger partial charge in [0, 0.05) is 17.9 Å². The molecular formula is C26H25FN2O2S. The summed E-state index contributed by atoms with van der Waals surface area (Å²) in [5, 5.41) is 2.56. The van der Waals surface area contributed by atoms with Crippen LogP contribution in [0.2, 0.25) is 0 Å². The van der Waals surface area contributed by atoms with Crippen molar-refractivity contribution in [3.8, 4) is 0 Å². The van der Waals surface area contributed by atoms with Crippen LogP contribution >= 0.6 is 11.8 Å². The number of aryl methyl sites for hydroxylation is 1. The number of hydrogen-bond acceptors (Lipinski definition) is 3. The van der Waals surface area contributed by atoms with E-state index >= 15 is 0 Å². The standard InChI is InChI=1S/C26H25FN2O2S/c1-18-7-5-10-20(15-18)25(31)29-23(17-32-26(29)21-11-6-12-22(27)16-21)24(30)28-14-13-19-8-3-2-4-9-19/h2-12,15-16,23,26H,13-14,17H2,1H3,(H,28,30). The molecular weight excluding hydrogens is 423 g/mol. The van der Waals surface area contributed by atoms with E-state index in [2.05, 4.69) is 5.32 Å². The molecule has 1 N–H and O–H groups in total. The van der Waals surface area contributed by atoms with E-state index in [-0.39, 0.29) is 17.6 Å². The van der Waals surface area contributed by atoms with E-state index in [1.165, 1.54) is 23.9 Å². The molecule has 3 aromatic rings. The molecule has 4 rings (SSSR count). The molecule has 0 saturated carbocycles. The number of amides is 2. The summed E-state index contributed by atoms with van der Waals surface area (Å²) < 4.78 is 13.9. The van der Waals surface area contributed by atoms with Gasteiger partial charge in [-0.1, -0.05) is 60.2 Å². The highest BCUT2D eigenvalue weighted by Crippen LogP contribution is 2.42. The minimum absolute atomic E-state index is 0.187. The molecule has 1 aliphatic heterocycles. The van der Waals surface area contributed by atoms with Crippen LogP contribution in [0, 0.1) is 12.7 Å². The molecule has 1 aliphatic rings. The van der Waals surface area contributed by atoms with Crippen LogP contribution in [0.5, 0.6) is 0 Å². The van der Waals surface area contributed by atoms with Gasteiger partial charge in [0.2, 0.25) is 5.91 Å². The quantitative estimate of drug-likeness (QED) is 0.592. The maximum absolute atomic E-state index is 13.9. The molecule has 2 atom stereocenters. The first-order valence-corrected chi connectivity index (χ1v) is 11.7. The molecule has 0 bridgehead atoms. The first-order valence-electron chi connectivity index (χ1n) is 10.6. The van der Waals surface area contributed by atoms with Gasteiger partial charge in [-0.15, -0.1) is 11.8 Å². The molecule has 1 fully saturated rings. The van der Waals surface area contributed by atoms with Crippen LogP contribution in [0.15, 0.2) is 78.9 Å². The Hall–Kier alpha value is -3.12. The summed E-state index contributed by atoms with van der Waals surface area (Å²) in [6.07, 6.45) is 0.714. The Morgan fingerprint density at radius 3 is 2.56 bits per heavy atom. The van der Waals surface area contributed by atoms with E-state index in [1.54, 1.807) is 23.1 Å². The number of hydrogen-bond donors (Lipinski definition) is 1. The summed E-state index contributed by atoms with van der Waals surface area (Å²) >= 11 is 1.48. The van der Waals surface area contributed by atoms with Gasteiger partial charge >= 0.3 is 0 Å². The van der Waals surface area contributed by atoms with Crippen molar-refractivity contribution >= 4 is 23.6 Å². The van der Waals surface area contributed by atoms with Crippen LogP contribution in [-0.2, 0) is 11.2 Å². The highest BCUT2D eigenvalue weighted by Gasteiger charge is 2.42. The van der Waals surface area contributed by atoms with Crippen molar-refractivity contribution in [3.63, 3.8) is 0 Å². The molecule has 6 heteroatoms. The lowest BCUT2D eigenvalue weighted by molar-refractivity contribution is -0.124. The van der Waals surface area contributed by atoms with Crippen LogP contribution in [-0.4, -0.2) is 35.1 Å². The average molecular weight is 449 g/mol. The lowest BCUT2D eigenvalue weighted by Gasteiger charge is -2.29. The van der Waals surface area contributed by atoms with E-state index in [0.29, 0.717) is 29.8 Å². The normalized spacial score (nSPS) is 17.9. The summed E-state index contributed by atoms with van der Waals surface area (Å²) in [7, 11) is 0. The first-order chi connectivity index (χ1) is 15.5. The number of carbonyl (C=O) groups is 2. The predicted octanol–water partition coefficient (Wildman–Crippen LogP) is 4.75. The van der Waals surface area contributed by atoms with Gasteiger partial charge in [0.1, 0.15) is 17.2 Å². The van der Waals surface area contributed by atoms with E-state index in [9.17, 15) is 14.0 Å². The Bertz CT molecular complexity index is 1110. The van der Waals surface area contributed by atoms with Crippen LogP contribution < -0.4 is 5.32 Å². The Kier molecular flexibility index (Phi) is 6.90. The topological polar surface area (TPSA) is 49.4 Å². The molecule has 2 amide bonds. The zero-order chi connectivity index (χ0) is 22.5. The van der Waals surface area contributed by atoms with Gasteiger partial charge in [-0.3, -0.25) is 9.59 Å². The summed E-state index contributed by atoms with van der Waals surface area (Å²) in [6, 6.07) is 22.9. The molecule has 0 aromatic heterocycles. The third-order valence-electron chi connectivity index (χ3n) is 5.49. The van der Waals surface area contributed by atoms with Crippen LogP contribution in [0.25, 0.3) is 0 Å². The highest BCUT2D eigenvalue weighted by atomic mass is 32.2. The average Bonchev–Trinajstić information content (AvgIpc) is 3.24. The van der Waals surface area contributed by atoms with Gasteiger partial charge in [-0.2, -0.15) is 0 Å². The number of halogens is 1. The molecule has 1 saturated heterocycles. The zero-order valence-corrected chi connectivity index (χ0v) is 18.6. The van der Waals surface area contributed by atoms with Crippen LogP contribution in [0.1, 0.15) is 32.4 Å². The Balaban J connectivity index is 1.55. The van der Waals surface area contributed by atoms with Crippen molar-refractivity contribution < 1.29 is 14.0 Å². The number of benzene rings is 3. The molecule has 1 heterocycles. The minimum atomic E-state index is -0.628. The van der Waals surface area contributed by atoms with Crippen molar-refractivity contribution in [1.29, 1.82) is 0 Å². The molecule has 164 valence electrons. The van der Waals surface area contributed by atoms with Crippen molar-refractivity contribution in [2.75, 3.05) is 12.3 Å². The highest BCUT2D eigenvalue weighted by molar-refractivity contribution is 7.99. The third-order valence-corrected chi connectivity index (χ3v) is 6.82. The van der Waals surface area contributed by atoms with E-state index in [4.69, 9.17) is 0 Å². The monoisotopic (exact) mass is 448 g/mol. The smallest absolute Gasteiger partial charge is 0.255 e. The van der Waals surface area contributed by atoms with Gasteiger partial charge in [0.25, 0.3) is 5.91 Å². The van der Waals surface area contributed by atoms with Gasteiger partial charge in [-0.05, 0) is 48.7 Å². The van der Waals surface area contributed by atoms with Crippen molar-refractivity contribution in [2.45, 2.75) is 24.8 Å². The maximum atomic E-state index is 13.9. The lowest BCUT2D eigenvalue weighted by atomic mass is 10.1. The van der Waals surface area contributed by atoms with Crippen LogP contribution in [0.3, 0.4) is 0 Å². The molecule has 3 aromatic carbocycles. The largest absolute Gasteiger partial charge is 0.354 e. The fourth-order valence-corrected chi connectivity index (χ4v) is 5.31. The third kappa shape index (κ3) is 5.02. The van der Waals surface area contributed by atoms with E-state index < -0.39 is 11.4 Å². The summed E-state index contributed by atoms with van der Waals surface area (Å²) in [4.78, 5) is 28.2. The minimum Gasteiger partial charge on any atom is -0.354 e. The molecule has 0 spiro atoms. The van der Waals surface area contributed by atoms with Crippen LogP contribution in [0.4, 0.5) is 4.39 Å². The van der Waals surface area contributed by atoms with Gasteiger partial charge in [-0.25, -0.2) is 4.39 Å². The molecule has 2 unspecified atom stereocenters. The maximum Gasteiger partial charge on any atom is 0.255 e. The summed E-state index contributed by atoms with van der Waals surface area (Å²) in [5.41, 5.74) is 3.30. The zero-order valence-electron chi connectivity index (χ0n) is 17.8. The van der Waals surface area contributed by atoms with E-state index in [1.807, 2.05) is 55.5 Å². The van der Waals surface area contributed by atoms with Crippen molar-refractivity contribution in [2.24, 2.45) is 0 Å². The fourth-order valence-electron chi connectivity index (χ4n) is 3.89. The molecule has 0 radical (unpaired) electrons. The summed E-state index contributed by atoms with van der Waals surface area (Å²) in [5.74, 6) is -0.318. The number of nitrogens with one attached hydrogen (secondary N) is 1. The SMILES string of the molecule is Cc1cccc(C(=O)N2C(C(=O)NCCc3ccccc3)CSC2c2cccc(F)c2)c1. The Morgan fingerprint density at radius 2 is 1.81 bits per heavy atom. The molecule has 0 aliphatic carbocycles. The number of thioether (sulfide) groups is 1. The summed E-state index contributed by atoms with van der Waals surface area (Å²) in [6.45, 7) is 2.41. The van der Waals surface area contributed by atoms with Gasteiger partial charge < -0.3 is 10.2 Å². The Morgan fingerprint density at radius 1 is 1.03 bits per heavy atom. The second-order valence-electron chi connectivity index (χ2n) is 7.87. The second-order valence-corrected chi connectivity index (χ2v) is 8.98. The number of carbonyl (C=O) groups excluding carboxylic acids is 2. The molecule has 4 nitrogen and oxygen atoms in total. The van der Waals surface area contributed by atoms with Gasteiger partial charge in [0.05, 0.1) is 0 Å². The fraction of sp³-hybridized carbons (Fsp3) is 0.231. The Labute approximate surface area is 191 Å². The molecule has 32 heavy (non-hydrogen) atoms. The van der Waals surface area contributed by atoms with E-state index in [0.717, 1.165) is 11.1 Å². The van der Waals surface area contributed by atoms with Crippen molar-refractivity contribution in [3.05, 3.63) is 107 Å². The second kappa shape index (κ2) is 10.0. The predicted molar refractivity (Wildman–Crippen MR) is 126 cm³/mol. The van der Waals surface area contributed by atoms with Gasteiger partial charge in [0.15, 0.2) is 0 Å².